The van der Waals surface area contributed by atoms with Crippen molar-refractivity contribution in [3.8, 4) is 0 Å². The van der Waals surface area contributed by atoms with E-state index in [-0.39, 0.29) is 55.6 Å². The van der Waals surface area contributed by atoms with Crippen LogP contribution in [0.4, 0.5) is 13.2 Å². The Kier molecular flexibility index (Phi) is 7.02. The molecular weight excluding hydrogens is 465 g/mol. The second-order valence-electron chi connectivity index (χ2n) is 8.68. The maximum atomic E-state index is 13.1. The van der Waals surface area contributed by atoms with Crippen molar-refractivity contribution in [3.63, 3.8) is 0 Å². The third-order valence-electron chi connectivity index (χ3n) is 6.36. The van der Waals surface area contributed by atoms with Gasteiger partial charge in [0.15, 0.2) is 9.84 Å². The topological polar surface area (TPSA) is 105 Å². The number of benzene rings is 1. The molecule has 0 bridgehead atoms. The van der Waals surface area contributed by atoms with E-state index in [9.17, 15) is 31.5 Å². The van der Waals surface area contributed by atoms with Crippen LogP contribution in [0.1, 0.15) is 24.0 Å². The highest BCUT2D eigenvalue weighted by Crippen LogP contribution is 2.36. The maximum absolute atomic E-state index is 13.1. The van der Waals surface area contributed by atoms with Gasteiger partial charge in [-0.3, -0.25) is 4.79 Å². The first-order valence-corrected chi connectivity index (χ1v) is 12.7. The Hall–Kier alpha value is -1.73. The number of hydrogen-bond donors (Lipinski definition) is 2. The number of fused-ring (bicyclic) bond motifs is 1. The molecule has 1 amide bonds. The molecule has 5 atom stereocenters. The Morgan fingerprint density at radius 2 is 1.88 bits per heavy atom. The third-order valence-corrected chi connectivity index (χ3v) is 7.97. The monoisotopic (exact) mass is 492 g/mol. The number of rotatable bonds is 6. The number of nitrogens with zero attached hydrogens (tertiary/aromatic N) is 1. The van der Waals surface area contributed by atoms with Crippen molar-refractivity contribution in [2.75, 3.05) is 31.1 Å². The van der Waals surface area contributed by atoms with Crippen molar-refractivity contribution in [3.05, 3.63) is 35.4 Å². The predicted octanol–water partition coefficient (Wildman–Crippen LogP) is 0.728. The fraction of sp³-hybridized carbons (Fsp3) is 0.667. The second kappa shape index (κ2) is 9.49. The van der Waals surface area contributed by atoms with Crippen LogP contribution in [0.2, 0.25) is 0 Å². The first-order chi connectivity index (χ1) is 15.5. The van der Waals surface area contributed by atoms with Crippen LogP contribution < -0.4 is 5.32 Å². The Morgan fingerprint density at radius 1 is 1.18 bits per heavy atom. The number of halogens is 3. The predicted molar refractivity (Wildman–Crippen MR) is 111 cm³/mol. The van der Waals surface area contributed by atoms with Crippen LogP contribution in [-0.2, 0) is 36.8 Å². The van der Waals surface area contributed by atoms with Gasteiger partial charge >= 0.3 is 6.18 Å². The molecule has 1 aromatic rings. The molecule has 0 spiro atoms. The molecular formula is C21H27F3N2O6S. The van der Waals surface area contributed by atoms with E-state index in [0.29, 0.717) is 6.42 Å². The molecule has 3 aliphatic rings. The molecule has 0 aliphatic carbocycles. The summed E-state index contributed by atoms with van der Waals surface area (Å²) in [5, 5.41) is 13.5. The van der Waals surface area contributed by atoms with Gasteiger partial charge in [-0.05, 0) is 11.6 Å². The summed E-state index contributed by atoms with van der Waals surface area (Å²) in [6, 6.07) is 5.30. The van der Waals surface area contributed by atoms with E-state index >= 15 is 0 Å². The van der Waals surface area contributed by atoms with Gasteiger partial charge in [0.25, 0.3) is 0 Å². The molecule has 0 radical (unpaired) electrons. The molecule has 0 aromatic heterocycles. The molecule has 3 fully saturated rings. The minimum Gasteiger partial charge on any atom is -0.388 e. The highest BCUT2D eigenvalue weighted by molar-refractivity contribution is 7.91. The molecule has 2 N–H and O–H groups in total. The number of aliphatic hydroxyl groups excluding tert-OH is 1. The van der Waals surface area contributed by atoms with Gasteiger partial charge in [-0.25, -0.2) is 8.42 Å². The largest absolute Gasteiger partial charge is 0.416 e. The lowest BCUT2D eigenvalue weighted by Crippen LogP contribution is -2.45. The SMILES string of the molecule is O=C(C[C@@H]1C[C@H]2O[C@H](CNCc3ccccc3C(F)(F)F)[C@@H](O)[C@H]2O1)N1CCS(=O)(=O)CC1. The number of alkyl halides is 3. The lowest BCUT2D eigenvalue weighted by Gasteiger charge is -2.28. The number of carbonyl (C=O) groups excluding carboxylic acids is 1. The summed E-state index contributed by atoms with van der Waals surface area (Å²) in [5.41, 5.74) is -0.595. The molecule has 0 unspecified atom stereocenters. The van der Waals surface area contributed by atoms with Crippen LogP contribution in [0, 0.1) is 0 Å². The van der Waals surface area contributed by atoms with E-state index in [1.54, 1.807) is 0 Å². The first-order valence-electron chi connectivity index (χ1n) is 10.9. The summed E-state index contributed by atoms with van der Waals surface area (Å²) in [6.45, 7) is 0.465. The van der Waals surface area contributed by atoms with Gasteiger partial charge in [0.1, 0.15) is 12.2 Å². The normalized spacial score (nSPS) is 31.5. The highest BCUT2D eigenvalue weighted by Gasteiger charge is 2.50. The van der Waals surface area contributed by atoms with Gasteiger partial charge in [0, 0.05) is 32.6 Å². The minimum absolute atomic E-state index is 0.0267. The van der Waals surface area contributed by atoms with Crippen molar-refractivity contribution < 1.29 is 41.0 Å². The molecule has 8 nitrogen and oxygen atoms in total. The van der Waals surface area contributed by atoms with E-state index in [1.807, 2.05) is 0 Å². The fourth-order valence-corrected chi connectivity index (χ4v) is 5.80. The molecule has 184 valence electrons. The average Bonchev–Trinajstić information content (AvgIpc) is 3.26. The Bertz CT molecular complexity index is 959. The van der Waals surface area contributed by atoms with E-state index in [2.05, 4.69) is 5.32 Å². The quantitative estimate of drug-likeness (QED) is 0.603. The van der Waals surface area contributed by atoms with Gasteiger partial charge in [-0.2, -0.15) is 13.2 Å². The number of carbonyl (C=O) groups is 1. The van der Waals surface area contributed by atoms with Crippen LogP contribution in [0.5, 0.6) is 0 Å². The molecule has 1 aromatic carbocycles. The molecule has 3 saturated heterocycles. The summed E-state index contributed by atoms with van der Waals surface area (Å²) in [5.74, 6) is -0.273. The lowest BCUT2D eigenvalue weighted by molar-refractivity contribution is -0.138. The number of amides is 1. The Labute approximate surface area is 190 Å². The van der Waals surface area contributed by atoms with E-state index in [0.717, 1.165) is 6.07 Å². The van der Waals surface area contributed by atoms with Crippen molar-refractivity contribution in [2.24, 2.45) is 0 Å². The van der Waals surface area contributed by atoms with Crippen LogP contribution in [0.25, 0.3) is 0 Å². The molecule has 3 heterocycles. The van der Waals surface area contributed by atoms with Crippen LogP contribution in [-0.4, -0.2) is 86.0 Å². The van der Waals surface area contributed by atoms with Gasteiger partial charge in [-0.1, -0.05) is 18.2 Å². The summed E-state index contributed by atoms with van der Waals surface area (Å²) in [6.07, 6.45) is -7.02. The Balaban J connectivity index is 1.23. The van der Waals surface area contributed by atoms with Gasteiger partial charge in [0.2, 0.25) is 5.91 Å². The van der Waals surface area contributed by atoms with E-state index < -0.39 is 52.1 Å². The average molecular weight is 493 g/mol. The summed E-state index contributed by atoms with van der Waals surface area (Å²) in [7, 11) is -3.08. The number of nitrogens with one attached hydrogen (secondary N) is 1. The van der Waals surface area contributed by atoms with Gasteiger partial charge in [-0.15, -0.1) is 0 Å². The van der Waals surface area contributed by atoms with Crippen molar-refractivity contribution in [2.45, 2.75) is 56.1 Å². The zero-order valence-electron chi connectivity index (χ0n) is 17.8. The maximum Gasteiger partial charge on any atom is 0.416 e. The van der Waals surface area contributed by atoms with E-state index in [1.165, 1.54) is 23.1 Å². The minimum atomic E-state index is -4.44. The smallest absolute Gasteiger partial charge is 0.388 e. The van der Waals surface area contributed by atoms with Crippen LogP contribution in [0.3, 0.4) is 0 Å². The van der Waals surface area contributed by atoms with Crippen LogP contribution >= 0.6 is 0 Å². The molecule has 4 rings (SSSR count). The van der Waals surface area contributed by atoms with Crippen molar-refractivity contribution in [1.29, 1.82) is 0 Å². The Morgan fingerprint density at radius 3 is 2.55 bits per heavy atom. The summed E-state index contributed by atoms with van der Waals surface area (Å²) in [4.78, 5) is 14.0. The zero-order chi connectivity index (χ0) is 23.8. The second-order valence-corrected chi connectivity index (χ2v) is 11.0. The number of hydrogen-bond acceptors (Lipinski definition) is 7. The highest BCUT2D eigenvalue weighted by atomic mass is 32.2. The molecule has 3 aliphatic heterocycles. The zero-order valence-corrected chi connectivity index (χ0v) is 18.6. The number of ether oxygens (including phenoxy) is 2. The lowest BCUT2D eigenvalue weighted by atomic mass is 10.1. The van der Waals surface area contributed by atoms with Gasteiger partial charge < -0.3 is 24.8 Å². The van der Waals surface area contributed by atoms with Crippen molar-refractivity contribution >= 4 is 15.7 Å². The molecule has 33 heavy (non-hydrogen) atoms. The molecule has 12 heteroatoms. The van der Waals surface area contributed by atoms with Crippen LogP contribution in [0.15, 0.2) is 24.3 Å². The number of aliphatic hydroxyl groups is 1. The fourth-order valence-electron chi connectivity index (χ4n) is 4.59. The molecule has 0 saturated carbocycles. The standard InChI is InChI=1S/C21H27F3N2O6S/c22-21(23,24)15-4-2-1-3-13(15)11-25-12-17-19(28)20-16(32-17)9-14(31-20)10-18(27)26-5-7-33(29,30)8-6-26/h1-4,14,16-17,19-20,25,28H,5-12H2/t14-,16+,17+,19+,20-/m0/s1. The first kappa shape index (κ1) is 24.4. The van der Waals surface area contributed by atoms with Gasteiger partial charge in [0.05, 0.1) is 41.8 Å². The van der Waals surface area contributed by atoms with E-state index in [4.69, 9.17) is 9.47 Å². The number of sulfone groups is 1. The third kappa shape index (κ3) is 5.68. The summed E-state index contributed by atoms with van der Waals surface area (Å²) < 4.78 is 74.1. The van der Waals surface area contributed by atoms with Crippen molar-refractivity contribution in [1.82, 2.24) is 10.2 Å². The summed E-state index contributed by atoms with van der Waals surface area (Å²) >= 11 is 0.